The molecule has 2 unspecified atom stereocenters. The van der Waals surface area contributed by atoms with E-state index in [1.54, 1.807) is 6.07 Å². The molecule has 0 bridgehead atoms. The average molecular weight is 677 g/mol. The molecule has 0 aromatic heterocycles. The standard InChI is InChI=1S/C35H37ClN4O8/c1-35(2,21-3-8-25(9-4-21)47-19-24(41)18-36)22-5-10-26(11-6-22)48-20-31(43)38-16-15-37-23-7-12-27-28(17-23)34(46)40(33(27)45)29-13-14-30(42)39-32(29)44/h3-12,17,24,29,37,41H,13-16,18-20H2,1-2H3,(H,38,43)(H,39,42,44). The molecule has 5 amide bonds. The fraction of sp³-hybridized carbons (Fsp3) is 0.343. The normalized spacial score (nSPS) is 16.7. The third-order valence-corrected chi connectivity index (χ3v) is 8.71. The number of fused-ring (bicyclic) bond motifs is 1. The molecule has 1 saturated heterocycles. The minimum atomic E-state index is -1.03. The molecule has 12 nitrogen and oxygen atoms in total. The van der Waals surface area contributed by atoms with Crippen LogP contribution >= 0.6 is 11.6 Å². The summed E-state index contributed by atoms with van der Waals surface area (Å²) in [6, 6.07) is 18.9. The maximum absolute atomic E-state index is 13.0. The fourth-order valence-electron chi connectivity index (χ4n) is 5.53. The van der Waals surface area contributed by atoms with E-state index in [2.05, 4.69) is 29.8 Å². The summed E-state index contributed by atoms with van der Waals surface area (Å²) < 4.78 is 11.2. The minimum Gasteiger partial charge on any atom is -0.491 e. The Hall–Kier alpha value is -4.94. The molecular formula is C35H37ClN4O8. The van der Waals surface area contributed by atoms with Crippen LogP contribution in [0.15, 0.2) is 66.7 Å². The van der Waals surface area contributed by atoms with Gasteiger partial charge in [-0.2, -0.15) is 0 Å². The van der Waals surface area contributed by atoms with Gasteiger partial charge in [0.05, 0.1) is 17.0 Å². The molecule has 2 aliphatic heterocycles. The van der Waals surface area contributed by atoms with E-state index < -0.39 is 35.8 Å². The van der Waals surface area contributed by atoms with Gasteiger partial charge in [0.1, 0.15) is 30.3 Å². The number of alkyl halides is 1. The first-order valence-corrected chi connectivity index (χ1v) is 16.1. The molecule has 0 spiro atoms. The Morgan fingerprint density at radius 3 is 2.19 bits per heavy atom. The van der Waals surface area contributed by atoms with Gasteiger partial charge in [-0.15, -0.1) is 11.6 Å². The molecule has 3 aromatic rings. The monoisotopic (exact) mass is 676 g/mol. The summed E-state index contributed by atoms with van der Waals surface area (Å²) in [5, 5.41) is 17.7. The Kier molecular flexibility index (Phi) is 10.7. The van der Waals surface area contributed by atoms with Crippen LogP contribution in [0.3, 0.4) is 0 Å². The number of rotatable bonds is 14. The third-order valence-electron chi connectivity index (χ3n) is 8.36. The van der Waals surface area contributed by atoms with Crippen LogP contribution in [0.4, 0.5) is 5.69 Å². The van der Waals surface area contributed by atoms with Crippen LogP contribution in [0.25, 0.3) is 0 Å². The van der Waals surface area contributed by atoms with Crippen LogP contribution in [-0.4, -0.2) is 83.9 Å². The summed E-state index contributed by atoms with van der Waals surface area (Å²) in [4.78, 5) is 62.9. The van der Waals surface area contributed by atoms with E-state index in [-0.39, 0.29) is 60.9 Å². The summed E-state index contributed by atoms with van der Waals surface area (Å²) in [6.45, 7) is 4.78. The summed E-state index contributed by atoms with van der Waals surface area (Å²) in [7, 11) is 0. The molecule has 0 radical (unpaired) electrons. The molecule has 13 heteroatoms. The predicted octanol–water partition coefficient (Wildman–Crippen LogP) is 3.00. The summed E-state index contributed by atoms with van der Waals surface area (Å²) in [5.41, 5.74) is 2.75. The smallest absolute Gasteiger partial charge is 0.262 e. The highest BCUT2D eigenvalue weighted by molar-refractivity contribution is 6.23. The Bertz CT molecular complexity index is 1690. The summed E-state index contributed by atoms with van der Waals surface area (Å²) in [6.07, 6.45) is -0.583. The maximum atomic E-state index is 13.0. The van der Waals surface area contributed by atoms with Crippen molar-refractivity contribution in [1.82, 2.24) is 15.5 Å². The number of nitrogens with one attached hydrogen (secondary N) is 3. The van der Waals surface area contributed by atoms with E-state index in [0.29, 0.717) is 23.7 Å². The first-order valence-electron chi connectivity index (χ1n) is 15.5. The highest BCUT2D eigenvalue weighted by Crippen LogP contribution is 2.33. The van der Waals surface area contributed by atoms with Crippen molar-refractivity contribution in [3.63, 3.8) is 0 Å². The quantitative estimate of drug-likeness (QED) is 0.114. The van der Waals surface area contributed by atoms with Crippen molar-refractivity contribution in [2.75, 3.05) is 37.5 Å². The van der Waals surface area contributed by atoms with Crippen LogP contribution in [0.1, 0.15) is 58.5 Å². The van der Waals surface area contributed by atoms with Crippen molar-refractivity contribution >= 4 is 46.8 Å². The molecule has 2 atom stereocenters. The molecule has 252 valence electrons. The van der Waals surface area contributed by atoms with Crippen molar-refractivity contribution in [3.05, 3.63) is 89.0 Å². The lowest BCUT2D eigenvalue weighted by atomic mass is 9.78. The molecule has 2 heterocycles. The highest BCUT2D eigenvalue weighted by Gasteiger charge is 2.44. The lowest BCUT2D eigenvalue weighted by Gasteiger charge is -2.27. The van der Waals surface area contributed by atoms with Gasteiger partial charge >= 0.3 is 0 Å². The van der Waals surface area contributed by atoms with Gasteiger partial charge in [0.25, 0.3) is 17.7 Å². The fourth-order valence-corrected chi connectivity index (χ4v) is 5.62. The number of ether oxygens (including phenoxy) is 2. The molecule has 5 rings (SSSR count). The van der Waals surface area contributed by atoms with Crippen molar-refractivity contribution < 1.29 is 38.6 Å². The molecule has 0 saturated carbocycles. The number of amides is 5. The van der Waals surface area contributed by atoms with Gasteiger partial charge in [-0.3, -0.25) is 34.2 Å². The molecular weight excluding hydrogens is 640 g/mol. The first-order chi connectivity index (χ1) is 23.0. The van der Waals surface area contributed by atoms with Gasteiger partial charge in [-0.1, -0.05) is 38.1 Å². The zero-order valence-electron chi connectivity index (χ0n) is 26.6. The zero-order valence-corrected chi connectivity index (χ0v) is 27.3. The number of anilines is 1. The van der Waals surface area contributed by atoms with E-state index in [1.807, 2.05) is 48.5 Å². The van der Waals surface area contributed by atoms with Gasteiger partial charge < -0.3 is 25.2 Å². The predicted molar refractivity (Wildman–Crippen MR) is 177 cm³/mol. The van der Waals surface area contributed by atoms with E-state index in [0.717, 1.165) is 16.0 Å². The number of carbonyl (C=O) groups excluding carboxylic acids is 5. The lowest BCUT2D eigenvalue weighted by Crippen LogP contribution is -2.54. The van der Waals surface area contributed by atoms with E-state index in [9.17, 15) is 29.1 Å². The van der Waals surface area contributed by atoms with Gasteiger partial charge in [0.15, 0.2) is 6.61 Å². The number of imide groups is 2. The zero-order chi connectivity index (χ0) is 34.4. The number of aliphatic hydroxyl groups excluding tert-OH is 1. The molecule has 1 fully saturated rings. The van der Waals surface area contributed by atoms with Crippen LogP contribution < -0.4 is 25.4 Å². The van der Waals surface area contributed by atoms with Crippen molar-refractivity contribution in [1.29, 1.82) is 0 Å². The van der Waals surface area contributed by atoms with Gasteiger partial charge in [-0.25, -0.2) is 0 Å². The Balaban J connectivity index is 1.05. The third kappa shape index (κ3) is 7.77. The van der Waals surface area contributed by atoms with E-state index in [1.165, 1.54) is 12.1 Å². The van der Waals surface area contributed by atoms with E-state index >= 15 is 0 Å². The number of nitrogens with zero attached hydrogens (tertiary/aromatic N) is 1. The van der Waals surface area contributed by atoms with Crippen LogP contribution in [0.5, 0.6) is 11.5 Å². The first kappa shape index (κ1) is 34.4. The highest BCUT2D eigenvalue weighted by atomic mass is 35.5. The number of carbonyl (C=O) groups is 5. The maximum Gasteiger partial charge on any atom is 0.262 e. The van der Waals surface area contributed by atoms with Crippen molar-refractivity contribution in [2.45, 2.75) is 44.2 Å². The second-order valence-electron chi connectivity index (χ2n) is 12.1. The summed E-state index contributed by atoms with van der Waals surface area (Å²) >= 11 is 5.62. The van der Waals surface area contributed by atoms with Crippen LogP contribution in [0.2, 0.25) is 0 Å². The number of hydrogen-bond acceptors (Lipinski definition) is 9. The number of aliphatic hydroxyl groups is 1. The van der Waals surface area contributed by atoms with Crippen molar-refractivity contribution in [2.24, 2.45) is 0 Å². The second-order valence-corrected chi connectivity index (χ2v) is 12.4. The minimum absolute atomic E-state index is 0.0510. The summed E-state index contributed by atoms with van der Waals surface area (Å²) in [5.74, 6) is -1.25. The van der Waals surface area contributed by atoms with E-state index in [4.69, 9.17) is 21.1 Å². The second kappa shape index (κ2) is 14.9. The molecule has 3 aromatic carbocycles. The Labute approximate surface area is 282 Å². The average Bonchev–Trinajstić information content (AvgIpc) is 3.33. The Morgan fingerprint density at radius 2 is 1.56 bits per heavy atom. The number of hydrogen-bond donors (Lipinski definition) is 4. The van der Waals surface area contributed by atoms with Crippen LogP contribution in [-0.2, 0) is 19.8 Å². The number of benzene rings is 3. The lowest BCUT2D eigenvalue weighted by molar-refractivity contribution is -0.136. The molecule has 0 aliphatic carbocycles. The van der Waals surface area contributed by atoms with Crippen molar-refractivity contribution in [3.8, 4) is 11.5 Å². The van der Waals surface area contributed by atoms with Gasteiger partial charge in [-0.05, 0) is 60.0 Å². The number of halogens is 1. The van der Waals surface area contributed by atoms with Gasteiger partial charge in [0, 0.05) is 30.6 Å². The largest absolute Gasteiger partial charge is 0.491 e. The molecule has 4 N–H and O–H groups in total. The SMILES string of the molecule is CC(C)(c1ccc(OCC(=O)NCCNc2ccc3c(c2)C(=O)N(C2CCC(=O)NC2=O)C3=O)cc1)c1ccc(OCC(O)CCl)cc1. The number of piperidine rings is 1. The van der Waals surface area contributed by atoms with Gasteiger partial charge in [0.2, 0.25) is 11.8 Å². The molecule has 48 heavy (non-hydrogen) atoms. The topological polar surface area (TPSA) is 163 Å². The Morgan fingerprint density at radius 1 is 0.938 bits per heavy atom. The molecule has 2 aliphatic rings. The van der Waals surface area contributed by atoms with Crippen LogP contribution in [0, 0.1) is 0 Å².